The van der Waals surface area contributed by atoms with Crippen LogP contribution >= 0.6 is 0 Å². The number of rotatable bonds is 7. The second kappa shape index (κ2) is 14.7. The number of aromatic nitrogens is 3. The van der Waals surface area contributed by atoms with E-state index in [-0.39, 0.29) is 0 Å². The molecule has 0 radical (unpaired) electrons. The maximum absolute atomic E-state index is 6.67. The molecule has 0 fully saturated rings. The lowest BCUT2D eigenvalue weighted by Crippen LogP contribution is -2.00. The number of furan rings is 2. The predicted octanol–water partition coefficient (Wildman–Crippen LogP) is 15.3. The lowest BCUT2D eigenvalue weighted by molar-refractivity contribution is 0.669. The Hall–Kier alpha value is -8.41. The highest BCUT2D eigenvalue weighted by Gasteiger charge is 2.22. The molecule has 5 heteroatoms. The lowest BCUT2D eigenvalue weighted by Gasteiger charge is -2.12. The smallest absolute Gasteiger partial charge is 0.164 e. The van der Waals surface area contributed by atoms with E-state index in [1.54, 1.807) is 0 Å². The molecule has 0 saturated carbocycles. The number of benzene rings is 9. The summed E-state index contributed by atoms with van der Waals surface area (Å²) < 4.78 is 13.3. The van der Waals surface area contributed by atoms with Crippen molar-refractivity contribution in [3.63, 3.8) is 0 Å². The van der Waals surface area contributed by atoms with Crippen LogP contribution in [0.5, 0.6) is 0 Å². The number of hydrogen-bond acceptors (Lipinski definition) is 5. The van der Waals surface area contributed by atoms with E-state index in [9.17, 15) is 0 Å². The SMILES string of the molecule is c1ccc(-c2nc(-c3ccc4c(c3)oc3ccc(-c5ccccc5)c(-c5ccccc5)c34)nc(-c3ccc4c(c3)oc3ccc(-c5ccccc5)c(-c5ccccc5)c34)n2)cc1. The highest BCUT2D eigenvalue weighted by Crippen LogP contribution is 2.45. The van der Waals surface area contributed by atoms with Crippen LogP contribution in [0.4, 0.5) is 0 Å². The minimum atomic E-state index is 0.549. The molecule has 0 bridgehead atoms. The quantitative estimate of drug-likeness (QED) is 0.161. The summed E-state index contributed by atoms with van der Waals surface area (Å²) in [7, 11) is 0. The summed E-state index contributed by atoms with van der Waals surface area (Å²) in [5, 5.41) is 4.20. The zero-order valence-electron chi connectivity index (χ0n) is 33.4. The average Bonchev–Trinajstić information content (AvgIpc) is 3.92. The molecule has 12 aromatic rings. The number of fused-ring (bicyclic) bond motifs is 6. The molecule has 3 aromatic heterocycles. The second-order valence-electron chi connectivity index (χ2n) is 15.5. The first kappa shape index (κ1) is 35.5. The first-order chi connectivity index (χ1) is 30.7. The van der Waals surface area contributed by atoms with E-state index in [1.165, 1.54) is 0 Å². The Bertz CT molecular complexity index is 3380. The van der Waals surface area contributed by atoms with Gasteiger partial charge in [0.05, 0.1) is 0 Å². The van der Waals surface area contributed by atoms with Gasteiger partial charge in [-0.25, -0.2) is 15.0 Å². The van der Waals surface area contributed by atoms with E-state index >= 15 is 0 Å². The maximum Gasteiger partial charge on any atom is 0.164 e. The molecule has 290 valence electrons. The fraction of sp³-hybridized carbons (Fsp3) is 0. The molecule has 0 aliphatic carbocycles. The van der Waals surface area contributed by atoms with E-state index in [1.807, 2.05) is 30.3 Å². The largest absolute Gasteiger partial charge is 0.456 e. The van der Waals surface area contributed by atoms with Gasteiger partial charge < -0.3 is 8.83 Å². The minimum absolute atomic E-state index is 0.549. The van der Waals surface area contributed by atoms with Crippen LogP contribution < -0.4 is 0 Å². The molecule has 0 aliphatic heterocycles. The molecule has 9 aromatic carbocycles. The summed E-state index contributed by atoms with van der Waals surface area (Å²) in [6.45, 7) is 0. The third-order valence-electron chi connectivity index (χ3n) is 11.8. The average molecular weight is 794 g/mol. The molecule has 0 saturated heterocycles. The Labute approximate surface area is 357 Å². The molecular weight excluding hydrogens is 759 g/mol. The van der Waals surface area contributed by atoms with Crippen molar-refractivity contribution in [1.82, 2.24) is 15.0 Å². The van der Waals surface area contributed by atoms with Gasteiger partial charge in [0.15, 0.2) is 17.5 Å². The minimum Gasteiger partial charge on any atom is -0.456 e. The van der Waals surface area contributed by atoms with Gasteiger partial charge in [0.25, 0.3) is 0 Å². The monoisotopic (exact) mass is 793 g/mol. The van der Waals surface area contributed by atoms with E-state index in [0.717, 1.165) is 105 Å². The van der Waals surface area contributed by atoms with Crippen molar-refractivity contribution in [3.8, 4) is 78.7 Å². The molecule has 0 aliphatic rings. The lowest BCUT2D eigenvalue weighted by atomic mass is 9.90. The summed E-state index contributed by atoms with van der Waals surface area (Å²) >= 11 is 0. The molecule has 0 N–H and O–H groups in total. The molecule has 12 rings (SSSR count). The summed E-state index contributed by atoms with van der Waals surface area (Å²) in [4.78, 5) is 15.3. The van der Waals surface area contributed by atoms with Crippen LogP contribution in [0, 0.1) is 0 Å². The van der Waals surface area contributed by atoms with Crippen LogP contribution in [0.1, 0.15) is 0 Å². The normalized spacial score (nSPS) is 11.5. The second-order valence-corrected chi connectivity index (χ2v) is 15.5. The number of hydrogen-bond donors (Lipinski definition) is 0. The summed E-state index contributed by atoms with van der Waals surface area (Å²) in [5.41, 5.74) is 14.9. The molecule has 62 heavy (non-hydrogen) atoms. The Morgan fingerprint density at radius 2 is 0.597 bits per heavy atom. The van der Waals surface area contributed by atoms with Crippen LogP contribution in [0.3, 0.4) is 0 Å². The molecule has 3 heterocycles. The standard InChI is InChI=1S/C57H35N3O2/c1-6-16-36(17-7-1)43-30-32-47-53(51(43)38-20-10-3-11-21-38)45-28-26-41(34-49(45)61-47)56-58-55(40-24-14-5-15-25-40)59-57(60-56)42-27-29-46-50(35-42)62-48-33-31-44(37-18-8-2-9-19-37)52(54(46)48)39-22-12-4-13-23-39/h1-35H. The van der Waals surface area contributed by atoms with Gasteiger partial charge in [0.2, 0.25) is 0 Å². The summed E-state index contributed by atoms with van der Waals surface area (Å²) in [6, 6.07) is 73.3. The van der Waals surface area contributed by atoms with Crippen LogP contribution in [-0.4, -0.2) is 15.0 Å². The van der Waals surface area contributed by atoms with Gasteiger partial charge in [-0.2, -0.15) is 0 Å². The van der Waals surface area contributed by atoms with Crippen molar-refractivity contribution in [2.75, 3.05) is 0 Å². The van der Waals surface area contributed by atoms with Crippen molar-refractivity contribution in [3.05, 3.63) is 212 Å². The molecule has 0 amide bonds. The Morgan fingerprint density at radius 1 is 0.258 bits per heavy atom. The van der Waals surface area contributed by atoms with Gasteiger partial charge in [0, 0.05) is 49.4 Å². The van der Waals surface area contributed by atoms with Gasteiger partial charge >= 0.3 is 0 Å². The molecule has 0 unspecified atom stereocenters. The summed E-state index contributed by atoms with van der Waals surface area (Å²) in [5.74, 6) is 1.68. The Morgan fingerprint density at radius 3 is 0.984 bits per heavy atom. The molecule has 5 nitrogen and oxygen atoms in total. The van der Waals surface area contributed by atoms with Gasteiger partial charge in [-0.05, 0) is 69.8 Å². The van der Waals surface area contributed by atoms with Crippen molar-refractivity contribution in [2.24, 2.45) is 0 Å². The first-order valence-electron chi connectivity index (χ1n) is 20.8. The first-order valence-corrected chi connectivity index (χ1v) is 20.8. The van der Waals surface area contributed by atoms with Crippen molar-refractivity contribution in [2.45, 2.75) is 0 Å². The van der Waals surface area contributed by atoms with E-state index in [0.29, 0.717) is 17.5 Å². The topological polar surface area (TPSA) is 65.0 Å². The molecule has 0 atom stereocenters. The van der Waals surface area contributed by atoms with Crippen molar-refractivity contribution >= 4 is 43.9 Å². The molecular formula is C57H35N3O2. The van der Waals surface area contributed by atoms with Crippen LogP contribution in [0.25, 0.3) is 123 Å². The predicted molar refractivity (Wildman–Crippen MR) is 252 cm³/mol. The van der Waals surface area contributed by atoms with Crippen molar-refractivity contribution in [1.29, 1.82) is 0 Å². The highest BCUT2D eigenvalue weighted by molar-refractivity contribution is 6.17. The Balaban J connectivity index is 1.02. The number of nitrogens with zero attached hydrogens (tertiary/aromatic N) is 3. The van der Waals surface area contributed by atoms with Gasteiger partial charge in [-0.15, -0.1) is 0 Å². The third-order valence-corrected chi connectivity index (χ3v) is 11.8. The summed E-state index contributed by atoms with van der Waals surface area (Å²) in [6.07, 6.45) is 0. The Kier molecular flexibility index (Phi) is 8.42. The van der Waals surface area contributed by atoms with Gasteiger partial charge in [-0.3, -0.25) is 0 Å². The van der Waals surface area contributed by atoms with E-state index in [2.05, 4.69) is 182 Å². The maximum atomic E-state index is 6.67. The highest BCUT2D eigenvalue weighted by atomic mass is 16.3. The fourth-order valence-electron chi connectivity index (χ4n) is 8.89. The van der Waals surface area contributed by atoms with Crippen molar-refractivity contribution < 1.29 is 8.83 Å². The fourth-order valence-corrected chi connectivity index (χ4v) is 8.89. The zero-order valence-corrected chi connectivity index (χ0v) is 33.4. The van der Waals surface area contributed by atoms with E-state index < -0.39 is 0 Å². The van der Waals surface area contributed by atoms with E-state index in [4.69, 9.17) is 23.8 Å². The van der Waals surface area contributed by atoms with Gasteiger partial charge in [0.1, 0.15) is 22.3 Å². The third kappa shape index (κ3) is 6.06. The van der Waals surface area contributed by atoms with Crippen LogP contribution in [-0.2, 0) is 0 Å². The van der Waals surface area contributed by atoms with Crippen LogP contribution in [0.2, 0.25) is 0 Å². The van der Waals surface area contributed by atoms with Crippen LogP contribution in [0.15, 0.2) is 221 Å². The van der Waals surface area contributed by atoms with Gasteiger partial charge in [-0.1, -0.05) is 176 Å². The molecule has 0 spiro atoms. The zero-order chi connectivity index (χ0) is 41.0.